The summed E-state index contributed by atoms with van der Waals surface area (Å²) in [6, 6.07) is 5.36. The maximum Gasteiger partial charge on any atom is 0.490 e. The molecule has 29 heavy (non-hydrogen) atoms. The van der Waals surface area contributed by atoms with Gasteiger partial charge in [-0.15, -0.1) is 0 Å². The minimum Gasteiger partial charge on any atom is -0.475 e. The van der Waals surface area contributed by atoms with Gasteiger partial charge in [-0.3, -0.25) is 9.78 Å². The molecule has 0 aromatic carbocycles. The topological polar surface area (TPSA) is 119 Å². The fourth-order valence-corrected chi connectivity index (χ4v) is 3.18. The zero-order chi connectivity index (χ0) is 21.2. The van der Waals surface area contributed by atoms with Crippen molar-refractivity contribution in [3.8, 4) is 0 Å². The molecule has 0 aliphatic carbocycles. The van der Waals surface area contributed by atoms with Crippen LogP contribution in [0.2, 0.25) is 0 Å². The largest absolute Gasteiger partial charge is 0.490 e. The second kappa shape index (κ2) is 8.15. The second-order valence-electron chi connectivity index (χ2n) is 6.57. The number of hydrogen-bond acceptors (Lipinski definition) is 7. The van der Waals surface area contributed by atoms with Crippen LogP contribution in [0.1, 0.15) is 34.7 Å². The van der Waals surface area contributed by atoms with Crippen LogP contribution < -0.4 is 0 Å². The molecular formula is C17H17F3N4O5. The number of nitrogens with zero attached hydrogens (tertiary/aromatic N) is 4. The number of carboxylic acid groups (broad SMARTS) is 1. The minimum atomic E-state index is -5.08. The third kappa shape index (κ3) is 4.88. The zero-order valence-corrected chi connectivity index (χ0v) is 15.2. The molecule has 12 heteroatoms. The Bertz CT molecular complexity index is 859. The number of carbonyl (C=O) groups is 2. The summed E-state index contributed by atoms with van der Waals surface area (Å²) in [6.45, 7) is 3.06. The normalized spacial score (nSPS) is 23.3. The molecule has 2 saturated heterocycles. The number of amides is 1. The number of aryl methyl sites for hydroxylation is 1. The number of hydrogen-bond donors (Lipinski definition) is 1. The van der Waals surface area contributed by atoms with Crippen molar-refractivity contribution < 1.29 is 37.1 Å². The van der Waals surface area contributed by atoms with E-state index in [9.17, 15) is 18.0 Å². The van der Waals surface area contributed by atoms with Gasteiger partial charge in [-0.2, -0.15) is 18.2 Å². The van der Waals surface area contributed by atoms with Crippen LogP contribution >= 0.6 is 0 Å². The Morgan fingerprint density at radius 2 is 2.00 bits per heavy atom. The molecule has 1 amide bonds. The Morgan fingerprint density at radius 3 is 2.52 bits per heavy atom. The lowest BCUT2D eigenvalue weighted by Gasteiger charge is -2.17. The summed E-state index contributed by atoms with van der Waals surface area (Å²) >= 11 is 0. The first-order chi connectivity index (χ1) is 13.6. The SMILES string of the molecule is Cc1noc([C@@H]2C[C@H]3CN(C(=O)c4ccccn4)C[C@H]3O2)n1.O=C(O)C(F)(F)F. The van der Waals surface area contributed by atoms with Crippen LogP contribution in [0.3, 0.4) is 0 Å². The number of halogens is 3. The van der Waals surface area contributed by atoms with Gasteiger partial charge in [0.25, 0.3) is 11.8 Å². The quantitative estimate of drug-likeness (QED) is 0.793. The average Bonchev–Trinajstić information content (AvgIpc) is 3.35. The maximum absolute atomic E-state index is 12.4. The van der Waals surface area contributed by atoms with Crippen LogP contribution in [-0.4, -0.2) is 62.4 Å². The second-order valence-corrected chi connectivity index (χ2v) is 6.57. The van der Waals surface area contributed by atoms with E-state index in [0.29, 0.717) is 36.4 Å². The number of rotatable bonds is 2. The molecule has 9 nitrogen and oxygen atoms in total. The van der Waals surface area contributed by atoms with E-state index in [1.807, 2.05) is 11.0 Å². The molecule has 2 aliphatic rings. The number of fused-ring (bicyclic) bond motifs is 1. The third-order valence-electron chi connectivity index (χ3n) is 4.47. The number of likely N-dealkylation sites (tertiary alicyclic amines) is 1. The van der Waals surface area contributed by atoms with E-state index in [2.05, 4.69) is 15.1 Å². The Balaban J connectivity index is 0.000000298. The molecular weight excluding hydrogens is 397 g/mol. The lowest BCUT2D eigenvalue weighted by molar-refractivity contribution is -0.192. The van der Waals surface area contributed by atoms with Crippen molar-refractivity contribution in [2.45, 2.75) is 31.7 Å². The first-order valence-electron chi connectivity index (χ1n) is 8.61. The Hall–Kier alpha value is -3.02. The zero-order valence-electron chi connectivity index (χ0n) is 15.2. The van der Waals surface area contributed by atoms with Crippen molar-refractivity contribution in [1.82, 2.24) is 20.0 Å². The molecule has 2 fully saturated rings. The number of ether oxygens (including phenoxy) is 1. The maximum atomic E-state index is 12.4. The monoisotopic (exact) mass is 414 g/mol. The van der Waals surface area contributed by atoms with E-state index >= 15 is 0 Å². The molecule has 156 valence electrons. The predicted octanol–water partition coefficient (Wildman–Crippen LogP) is 2.01. The summed E-state index contributed by atoms with van der Waals surface area (Å²) in [4.78, 5) is 31.5. The Morgan fingerprint density at radius 1 is 1.28 bits per heavy atom. The molecule has 0 spiro atoms. The molecule has 0 unspecified atom stereocenters. The highest BCUT2D eigenvalue weighted by molar-refractivity contribution is 5.92. The first kappa shape index (κ1) is 20.7. The van der Waals surface area contributed by atoms with Crippen molar-refractivity contribution in [3.05, 3.63) is 41.8 Å². The number of carboxylic acids is 1. The summed E-state index contributed by atoms with van der Waals surface area (Å²) in [5.41, 5.74) is 0.478. The van der Waals surface area contributed by atoms with E-state index in [1.54, 1.807) is 25.3 Å². The van der Waals surface area contributed by atoms with Crippen LogP contribution in [0.25, 0.3) is 0 Å². The Labute approximate surface area is 162 Å². The number of alkyl halides is 3. The van der Waals surface area contributed by atoms with Crippen molar-refractivity contribution in [2.24, 2.45) is 5.92 Å². The van der Waals surface area contributed by atoms with E-state index < -0.39 is 12.1 Å². The summed E-state index contributed by atoms with van der Waals surface area (Å²) in [6.07, 6.45) is -2.76. The summed E-state index contributed by atoms with van der Waals surface area (Å²) in [5.74, 6) is -1.33. The third-order valence-corrected chi connectivity index (χ3v) is 4.47. The molecule has 0 saturated carbocycles. The molecule has 1 N–H and O–H groups in total. The van der Waals surface area contributed by atoms with Crippen molar-refractivity contribution in [1.29, 1.82) is 0 Å². The molecule has 4 heterocycles. The van der Waals surface area contributed by atoms with E-state index in [-0.39, 0.29) is 18.1 Å². The molecule has 2 aliphatic heterocycles. The van der Waals surface area contributed by atoms with Gasteiger partial charge < -0.3 is 19.3 Å². The van der Waals surface area contributed by atoms with Gasteiger partial charge >= 0.3 is 12.1 Å². The highest BCUT2D eigenvalue weighted by Crippen LogP contribution is 2.40. The number of carbonyl (C=O) groups excluding carboxylic acids is 1. The summed E-state index contributed by atoms with van der Waals surface area (Å²) < 4.78 is 42.9. The highest BCUT2D eigenvalue weighted by atomic mass is 19.4. The van der Waals surface area contributed by atoms with Gasteiger partial charge in [-0.1, -0.05) is 11.2 Å². The average molecular weight is 414 g/mol. The summed E-state index contributed by atoms with van der Waals surface area (Å²) in [7, 11) is 0. The minimum absolute atomic E-state index is 0.0323. The van der Waals surface area contributed by atoms with Gasteiger partial charge in [0.2, 0.25) is 0 Å². The molecule has 0 bridgehead atoms. The standard InChI is InChI=1S/C15H16N4O3.C2HF3O2/c1-9-17-14(22-18-9)12-6-10-7-19(8-13(10)21-12)15(20)11-4-2-3-5-16-11;3-2(4,5)1(6)7/h2-5,10,12-13H,6-8H2,1H3;(H,6,7)/t10-,12-,13+;/m0./s1. The lowest BCUT2D eigenvalue weighted by atomic mass is 10.0. The van der Waals surface area contributed by atoms with Crippen LogP contribution in [0, 0.1) is 12.8 Å². The molecule has 0 radical (unpaired) electrons. The predicted molar refractivity (Wildman–Crippen MR) is 88.6 cm³/mol. The van der Waals surface area contributed by atoms with Gasteiger partial charge in [0, 0.05) is 25.2 Å². The van der Waals surface area contributed by atoms with Crippen LogP contribution in [0.15, 0.2) is 28.9 Å². The van der Waals surface area contributed by atoms with E-state index in [4.69, 9.17) is 19.2 Å². The van der Waals surface area contributed by atoms with Gasteiger partial charge in [-0.05, 0) is 25.5 Å². The van der Waals surface area contributed by atoms with Crippen molar-refractivity contribution in [3.63, 3.8) is 0 Å². The fraction of sp³-hybridized carbons (Fsp3) is 0.471. The van der Waals surface area contributed by atoms with Crippen molar-refractivity contribution >= 4 is 11.9 Å². The molecule has 2 aromatic rings. The van der Waals surface area contributed by atoms with Gasteiger partial charge in [0.05, 0.1) is 6.10 Å². The van der Waals surface area contributed by atoms with Crippen LogP contribution in [0.5, 0.6) is 0 Å². The highest BCUT2D eigenvalue weighted by Gasteiger charge is 2.45. The van der Waals surface area contributed by atoms with E-state index in [1.165, 1.54) is 0 Å². The number of aliphatic carboxylic acids is 1. The van der Waals surface area contributed by atoms with Crippen LogP contribution in [0.4, 0.5) is 13.2 Å². The smallest absolute Gasteiger partial charge is 0.475 e. The lowest BCUT2D eigenvalue weighted by Crippen LogP contribution is -2.31. The van der Waals surface area contributed by atoms with Gasteiger partial charge in [-0.25, -0.2) is 4.79 Å². The number of pyridine rings is 1. The molecule has 2 aromatic heterocycles. The molecule has 4 rings (SSSR count). The van der Waals surface area contributed by atoms with Crippen molar-refractivity contribution in [2.75, 3.05) is 13.1 Å². The summed E-state index contributed by atoms with van der Waals surface area (Å²) in [5, 5.41) is 10.9. The fourth-order valence-electron chi connectivity index (χ4n) is 3.18. The Kier molecular flexibility index (Phi) is 5.82. The van der Waals surface area contributed by atoms with Gasteiger partial charge in [0.1, 0.15) is 11.8 Å². The number of aromatic nitrogens is 3. The van der Waals surface area contributed by atoms with Crippen LogP contribution in [-0.2, 0) is 9.53 Å². The van der Waals surface area contributed by atoms with Gasteiger partial charge in [0.15, 0.2) is 5.82 Å². The van der Waals surface area contributed by atoms with E-state index in [0.717, 1.165) is 6.42 Å². The molecule has 3 atom stereocenters. The first-order valence-corrected chi connectivity index (χ1v) is 8.61.